The number of benzene rings is 2. The summed E-state index contributed by atoms with van der Waals surface area (Å²) in [7, 11) is 0. The molecule has 1 saturated heterocycles. The molecule has 0 bridgehead atoms. The summed E-state index contributed by atoms with van der Waals surface area (Å²) in [6.07, 6.45) is 2.07. The van der Waals surface area contributed by atoms with Crippen LogP contribution in [-0.4, -0.2) is 41.7 Å². The number of carbonyl (C=O) groups is 2. The summed E-state index contributed by atoms with van der Waals surface area (Å²) in [6, 6.07) is 16.3. The van der Waals surface area contributed by atoms with E-state index in [1.165, 1.54) is 11.3 Å². The molecule has 0 radical (unpaired) electrons. The number of carboxylic acids is 1. The van der Waals surface area contributed by atoms with Crippen LogP contribution in [0.2, 0.25) is 0 Å². The molecule has 32 heavy (non-hydrogen) atoms. The highest BCUT2D eigenvalue weighted by molar-refractivity contribution is 8.93. The smallest absolute Gasteiger partial charge is 0.341 e. The number of aromatic nitrogens is 1. The zero-order chi connectivity index (χ0) is 21.6. The topological polar surface area (TPSA) is 101 Å². The number of piperidine rings is 1. The molecule has 1 aliphatic heterocycles. The van der Waals surface area contributed by atoms with Crippen LogP contribution in [0.4, 0.5) is 5.00 Å². The largest absolute Gasteiger partial charge is 0.482 e. The third kappa shape index (κ3) is 5.93. The maximum atomic E-state index is 12.9. The summed E-state index contributed by atoms with van der Waals surface area (Å²) in [4.78, 5) is 28.4. The molecule has 3 N–H and O–H groups in total. The first-order valence-corrected chi connectivity index (χ1v) is 10.9. The molecule has 1 aromatic heterocycles. The predicted octanol–water partition coefficient (Wildman–Crippen LogP) is 4.57. The minimum atomic E-state index is -1.05. The molecule has 0 aliphatic carbocycles. The highest BCUT2D eigenvalue weighted by atomic mass is 79.9. The first-order valence-electron chi connectivity index (χ1n) is 10.1. The number of nitrogens with zero attached hydrogens (tertiary/aromatic N) is 1. The Morgan fingerprint density at radius 3 is 2.44 bits per heavy atom. The van der Waals surface area contributed by atoms with Crippen molar-refractivity contribution in [3.05, 3.63) is 65.2 Å². The molecule has 3 aromatic rings. The van der Waals surface area contributed by atoms with Gasteiger partial charge in [0.2, 0.25) is 0 Å². The molecule has 0 spiro atoms. The van der Waals surface area contributed by atoms with Crippen molar-refractivity contribution >= 4 is 45.2 Å². The number of hydrogen-bond donors (Lipinski definition) is 3. The van der Waals surface area contributed by atoms with Crippen molar-refractivity contribution < 1.29 is 19.4 Å². The SMILES string of the molecule is Br.O=C(O)COc1ccc(C(=O)Nc2sc(C3CCNCC3)nc2-c2ccccc2)cc1. The molecular weight excluding hydrogens is 494 g/mol. The van der Waals surface area contributed by atoms with Gasteiger partial charge in [-0.2, -0.15) is 0 Å². The zero-order valence-corrected chi connectivity index (χ0v) is 19.8. The Labute approximate surface area is 200 Å². The number of nitrogens with one attached hydrogen (secondary N) is 2. The minimum absolute atomic E-state index is 0. The lowest BCUT2D eigenvalue weighted by molar-refractivity contribution is -0.139. The van der Waals surface area contributed by atoms with Crippen LogP contribution in [0.1, 0.15) is 34.1 Å². The molecule has 9 heteroatoms. The van der Waals surface area contributed by atoms with Crippen molar-refractivity contribution in [2.75, 3.05) is 25.0 Å². The number of carboxylic acid groups (broad SMARTS) is 1. The third-order valence-corrected chi connectivity index (χ3v) is 6.22. The monoisotopic (exact) mass is 517 g/mol. The van der Waals surface area contributed by atoms with Crippen molar-refractivity contribution in [1.82, 2.24) is 10.3 Å². The summed E-state index contributed by atoms with van der Waals surface area (Å²) >= 11 is 1.54. The average Bonchev–Trinajstić information content (AvgIpc) is 3.23. The van der Waals surface area contributed by atoms with Crippen LogP contribution < -0.4 is 15.4 Å². The number of aliphatic carboxylic acids is 1. The van der Waals surface area contributed by atoms with Gasteiger partial charge in [-0.05, 0) is 50.2 Å². The first kappa shape index (κ1) is 23.9. The lowest BCUT2D eigenvalue weighted by Gasteiger charge is -2.20. The van der Waals surface area contributed by atoms with Crippen LogP contribution in [0.15, 0.2) is 54.6 Å². The normalized spacial score (nSPS) is 13.8. The Morgan fingerprint density at radius 1 is 1.09 bits per heavy atom. The fourth-order valence-corrected chi connectivity index (χ4v) is 4.63. The number of hydrogen-bond acceptors (Lipinski definition) is 6. The molecule has 0 saturated carbocycles. The van der Waals surface area contributed by atoms with E-state index in [1.54, 1.807) is 24.3 Å². The second kappa shape index (κ2) is 11.2. The fraction of sp³-hybridized carbons (Fsp3) is 0.261. The van der Waals surface area contributed by atoms with E-state index in [9.17, 15) is 9.59 Å². The van der Waals surface area contributed by atoms with E-state index in [0.29, 0.717) is 17.2 Å². The zero-order valence-electron chi connectivity index (χ0n) is 17.2. The Balaban J connectivity index is 0.00000289. The number of halogens is 1. The highest BCUT2D eigenvalue weighted by Gasteiger charge is 2.23. The second-order valence-corrected chi connectivity index (χ2v) is 8.31. The summed E-state index contributed by atoms with van der Waals surface area (Å²) in [5.41, 5.74) is 2.21. The molecule has 0 atom stereocenters. The van der Waals surface area contributed by atoms with Gasteiger partial charge in [-0.3, -0.25) is 4.79 Å². The van der Waals surface area contributed by atoms with Crippen molar-refractivity contribution in [3.63, 3.8) is 0 Å². The van der Waals surface area contributed by atoms with E-state index < -0.39 is 12.6 Å². The van der Waals surface area contributed by atoms with Gasteiger partial charge in [0.15, 0.2) is 6.61 Å². The van der Waals surface area contributed by atoms with Gasteiger partial charge in [-0.15, -0.1) is 28.3 Å². The van der Waals surface area contributed by atoms with Crippen molar-refractivity contribution in [3.8, 4) is 17.0 Å². The van der Waals surface area contributed by atoms with Gasteiger partial charge in [0.05, 0.1) is 5.01 Å². The number of amides is 1. The molecule has 1 aliphatic rings. The van der Waals surface area contributed by atoms with E-state index in [4.69, 9.17) is 14.8 Å². The number of carbonyl (C=O) groups excluding carboxylic acids is 1. The van der Waals surface area contributed by atoms with Gasteiger partial charge in [0.1, 0.15) is 16.4 Å². The maximum absolute atomic E-state index is 12.9. The molecule has 2 heterocycles. The predicted molar refractivity (Wildman–Crippen MR) is 130 cm³/mol. The van der Waals surface area contributed by atoms with E-state index >= 15 is 0 Å². The van der Waals surface area contributed by atoms with E-state index in [-0.39, 0.29) is 22.9 Å². The van der Waals surface area contributed by atoms with Gasteiger partial charge >= 0.3 is 5.97 Å². The number of thiazole rings is 1. The average molecular weight is 518 g/mol. The first-order chi connectivity index (χ1) is 15.1. The lowest BCUT2D eigenvalue weighted by atomic mass is 9.99. The van der Waals surface area contributed by atoms with Gasteiger partial charge in [0, 0.05) is 17.0 Å². The summed E-state index contributed by atoms with van der Waals surface area (Å²) in [5.74, 6) is -0.507. The van der Waals surface area contributed by atoms with Crippen LogP contribution in [0.5, 0.6) is 5.75 Å². The summed E-state index contributed by atoms with van der Waals surface area (Å²) in [5, 5.41) is 16.9. The second-order valence-electron chi connectivity index (χ2n) is 7.28. The summed E-state index contributed by atoms with van der Waals surface area (Å²) < 4.78 is 5.12. The third-order valence-electron chi connectivity index (χ3n) is 5.09. The Morgan fingerprint density at radius 2 is 1.78 bits per heavy atom. The van der Waals surface area contributed by atoms with Gasteiger partial charge in [-0.1, -0.05) is 30.3 Å². The fourth-order valence-electron chi connectivity index (χ4n) is 3.48. The number of anilines is 1. The van der Waals surface area contributed by atoms with Crippen molar-refractivity contribution in [2.24, 2.45) is 0 Å². The number of rotatable bonds is 7. The van der Waals surface area contributed by atoms with Gasteiger partial charge < -0.3 is 20.5 Å². The van der Waals surface area contributed by atoms with E-state index in [0.717, 1.165) is 47.2 Å². The van der Waals surface area contributed by atoms with Crippen LogP contribution in [0.3, 0.4) is 0 Å². The quantitative estimate of drug-likeness (QED) is 0.424. The van der Waals surface area contributed by atoms with Crippen LogP contribution in [0.25, 0.3) is 11.3 Å². The summed E-state index contributed by atoms with van der Waals surface area (Å²) in [6.45, 7) is 1.53. The number of ether oxygens (including phenoxy) is 1. The van der Waals surface area contributed by atoms with Gasteiger partial charge in [-0.25, -0.2) is 9.78 Å². The Hall–Kier alpha value is -2.75. The maximum Gasteiger partial charge on any atom is 0.341 e. The molecule has 168 valence electrons. The molecule has 2 aromatic carbocycles. The lowest BCUT2D eigenvalue weighted by Crippen LogP contribution is -2.26. The molecule has 1 fully saturated rings. The minimum Gasteiger partial charge on any atom is -0.482 e. The van der Waals surface area contributed by atoms with E-state index in [1.807, 2.05) is 30.3 Å². The molecule has 7 nitrogen and oxygen atoms in total. The molecule has 4 rings (SSSR count). The Kier molecular flexibility index (Phi) is 8.38. The molecule has 1 amide bonds. The van der Waals surface area contributed by atoms with Crippen LogP contribution >= 0.6 is 28.3 Å². The standard InChI is InChI=1S/C23H23N3O4S.BrH/c27-19(28)14-30-18-8-6-16(7-9-18)21(29)26-23-20(15-4-2-1-3-5-15)25-22(31-23)17-10-12-24-13-11-17;/h1-9,17,24H,10-14H2,(H,26,29)(H,27,28);1H. The highest BCUT2D eigenvalue weighted by Crippen LogP contribution is 2.39. The Bertz CT molecular complexity index is 1050. The van der Waals surface area contributed by atoms with Gasteiger partial charge in [0.25, 0.3) is 5.91 Å². The van der Waals surface area contributed by atoms with Crippen molar-refractivity contribution in [2.45, 2.75) is 18.8 Å². The van der Waals surface area contributed by atoms with Crippen LogP contribution in [-0.2, 0) is 4.79 Å². The molecular formula is C23H24BrN3O4S. The molecule has 0 unspecified atom stereocenters. The van der Waals surface area contributed by atoms with Crippen LogP contribution in [0, 0.1) is 0 Å². The van der Waals surface area contributed by atoms with E-state index in [2.05, 4.69) is 10.6 Å². The van der Waals surface area contributed by atoms with Crippen molar-refractivity contribution in [1.29, 1.82) is 0 Å².